The van der Waals surface area contributed by atoms with Crippen LogP contribution in [0.5, 0.6) is 0 Å². The average Bonchev–Trinajstić information content (AvgIpc) is 2.79. The Kier molecular flexibility index (Phi) is 4.71. The highest BCUT2D eigenvalue weighted by Crippen LogP contribution is 2.17. The zero-order valence-corrected chi connectivity index (χ0v) is 12.1. The lowest BCUT2D eigenvalue weighted by atomic mass is 10.1. The molecule has 1 heterocycles. The fourth-order valence-corrected chi connectivity index (χ4v) is 2.82. The lowest BCUT2D eigenvalue weighted by Gasteiger charge is -2.07. The first-order valence-corrected chi connectivity index (χ1v) is 7.32. The van der Waals surface area contributed by atoms with Gasteiger partial charge >= 0.3 is 0 Å². The van der Waals surface area contributed by atoms with E-state index < -0.39 is 0 Å². The molecule has 17 heavy (non-hydrogen) atoms. The van der Waals surface area contributed by atoms with Gasteiger partial charge in [-0.1, -0.05) is 28.1 Å². The van der Waals surface area contributed by atoms with Gasteiger partial charge in [0.1, 0.15) is 0 Å². The minimum Gasteiger partial charge on any atom is -0.312 e. The van der Waals surface area contributed by atoms with Crippen molar-refractivity contribution in [3.8, 4) is 0 Å². The highest BCUT2D eigenvalue weighted by Gasteiger charge is 2.00. The van der Waals surface area contributed by atoms with E-state index in [1.165, 1.54) is 21.3 Å². The third-order valence-electron chi connectivity index (χ3n) is 2.57. The van der Waals surface area contributed by atoms with Gasteiger partial charge in [-0.25, -0.2) is 4.98 Å². The minimum atomic E-state index is 0.894. The summed E-state index contributed by atoms with van der Waals surface area (Å²) in [6.45, 7) is 3.96. The summed E-state index contributed by atoms with van der Waals surface area (Å²) in [6, 6.07) is 6.45. The van der Waals surface area contributed by atoms with Gasteiger partial charge in [-0.05, 0) is 24.1 Å². The highest BCUT2D eigenvalue weighted by molar-refractivity contribution is 9.10. The molecule has 0 amide bonds. The molecule has 0 aliphatic rings. The number of aryl methyl sites for hydroxylation is 1. The molecule has 0 unspecified atom stereocenters. The normalized spacial score (nSPS) is 10.7. The quantitative estimate of drug-likeness (QED) is 0.854. The Labute approximate surface area is 114 Å². The molecule has 0 saturated heterocycles. The number of halogens is 1. The van der Waals surface area contributed by atoms with E-state index in [0.29, 0.717) is 0 Å². The third-order valence-corrected chi connectivity index (χ3v) is 3.94. The summed E-state index contributed by atoms with van der Waals surface area (Å²) in [4.78, 5) is 4.26. The van der Waals surface area contributed by atoms with Gasteiger partial charge in [0.15, 0.2) is 0 Å². The first-order valence-electron chi connectivity index (χ1n) is 5.58. The van der Waals surface area contributed by atoms with Crippen molar-refractivity contribution >= 4 is 27.3 Å². The summed E-state index contributed by atoms with van der Waals surface area (Å²) in [6.07, 6.45) is 0.993. The Balaban J connectivity index is 1.78. The van der Waals surface area contributed by atoms with Crippen LogP contribution in [0.15, 0.2) is 33.6 Å². The van der Waals surface area contributed by atoms with Crippen molar-refractivity contribution in [1.29, 1.82) is 0 Å². The van der Waals surface area contributed by atoms with E-state index in [1.54, 1.807) is 11.3 Å². The zero-order valence-electron chi connectivity index (χ0n) is 9.74. The van der Waals surface area contributed by atoms with Gasteiger partial charge in [-0.15, -0.1) is 11.3 Å². The molecular formula is C13H15BrN2S. The Bertz CT molecular complexity index is 468. The molecule has 2 rings (SSSR count). The van der Waals surface area contributed by atoms with Crippen LogP contribution in [0.4, 0.5) is 0 Å². The molecule has 2 nitrogen and oxygen atoms in total. The summed E-state index contributed by atoms with van der Waals surface area (Å²) in [7, 11) is 0. The topological polar surface area (TPSA) is 24.9 Å². The number of rotatable bonds is 5. The van der Waals surface area contributed by atoms with Crippen LogP contribution in [-0.2, 0) is 13.0 Å². The van der Waals surface area contributed by atoms with Gasteiger partial charge in [0.2, 0.25) is 0 Å². The summed E-state index contributed by atoms with van der Waals surface area (Å²) >= 11 is 5.24. The molecule has 2 aromatic rings. The Morgan fingerprint density at radius 3 is 3.00 bits per heavy atom. The molecule has 1 aromatic heterocycles. The fourth-order valence-electron chi connectivity index (χ4n) is 1.60. The SMILES string of the molecule is Cc1ccc(CNCCc2cscn2)c(Br)c1. The van der Waals surface area contributed by atoms with Gasteiger partial charge in [0.25, 0.3) is 0 Å². The summed E-state index contributed by atoms with van der Waals surface area (Å²) < 4.78 is 1.18. The molecule has 0 aliphatic heterocycles. The van der Waals surface area contributed by atoms with Crippen LogP contribution in [-0.4, -0.2) is 11.5 Å². The molecule has 90 valence electrons. The monoisotopic (exact) mass is 310 g/mol. The molecule has 1 aromatic carbocycles. The molecule has 0 bridgehead atoms. The van der Waals surface area contributed by atoms with Crippen molar-refractivity contribution < 1.29 is 0 Å². The second-order valence-electron chi connectivity index (χ2n) is 4.00. The molecule has 0 radical (unpaired) electrons. The summed E-state index contributed by atoms with van der Waals surface area (Å²) in [5, 5.41) is 5.54. The number of hydrogen-bond donors (Lipinski definition) is 1. The predicted molar refractivity (Wildman–Crippen MR) is 76.4 cm³/mol. The van der Waals surface area contributed by atoms with Gasteiger partial charge < -0.3 is 5.32 Å². The number of thiazole rings is 1. The van der Waals surface area contributed by atoms with Crippen LogP contribution in [0.25, 0.3) is 0 Å². The van der Waals surface area contributed by atoms with Crippen LogP contribution in [0, 0.1) is 6.92 Å². The second kappa shape index (κ2) is 6.28. The first-order chi connectivity index (χ1) is 8.25. The average molecular weight is 311 g/mol. The number of nitrogens with zero attached hydrogens (tertiary/aromatic N) is 1. The summed E-state index contributed by atoms with van der Waals surface area (Å²) in [5.41, 5.74) is 5.63. The lowest BCUT2D eigenvalue weighted by molar-refractivity contribution is 0.680. The number of hydrogen-bond acceptors (Lipinski definition) is 3. The standard InChI is InChI=1S/C13H15BrN2S/c1-10-2-3-11(13(14)6-10)7-15-5-4-12-8-17-9-16-12/h2-3,6,8-9,15H,4-5,7H2,1H3. The third kappa shape index (κ3) is 3.91. The van der Waals surface area contributed by atoms with E-state index in [0.717, 1.165) is 19.5 Å². The van der Waals surface area contributed by atoms with Crippen molar-refractivity contribution in [2.24, 2.45) is 0 Å². The smallest absolute Gasteiger partial charge is 0.0794 e. The lowest BCUT2D eigenvalue weighted by Crippen LogP contribution is -2.17. The van der Waals surface area contributed by atoms with Crippen molar-refractivity contribution in [1.82, 2.24) is 10.3 Å². The molecule has 0 atom stereocenters. The van der Waals surface area contributed by atoms with Crippen molar-refractivity contribution in [2.45, 2.75) is 19.9 Å². The Morgan fingerprint density at radius 2 is 2.29 bits per heavy atom. The molecule has 0 aliphatic carbocycles. The molecule has 0 fully saturated rings. The molecule has 0 saturated carbocycles. The maximum Gasteiger partial charge on any atom is 0.0794 e. The van der Waals surface area contributed by atoms with E-state index in [2.05, 4.69) is 56.7 Å². The van der Waals surface area contributed by atoms with Crippen LogP contribution in [0.2, 0.25) is 0 Å². The highest BCUT2D eigenvalue weighted by atomic mass is 79.9. The molecular weight excluding hydrogens is 296 g/mol. The van der Waals surface area contributed by atoms with Crippen LogP contribution >= 0.6 is 27.3 Å². The van der Waals surface area contributed by atoms with Crippen LogP contribution in [0.1, 0.15) is 16.8 Å². The summed E-state index contributed by atoms with van der Waals surface area (Å²) in [5.74, 6) is 0. The van der Waals surface area contributed by atoms with Crippen molar-refractivity contribution in [2.75, 3.05) is 6.54 Å². The van der Waals surface area contributed by atoms with Gasteiger partial charge in [0.05, 0.1) is 11.2 Å². The minimum absolute atomic E-state index is 0.894. The maximum absolute atomic E-state index is 4.26. The van der Waals surface area contributed by atoms with E-state index in [1.807, 2.05) is 5.51 Å². The Hall–Kier alpha value is -0.710. The maximum atomic E-state index is 4.26. The Morgan fingerprint density at radius 1 is 1.41 bits per heavy atom. The second-order valence-corrected chi connectivity index (χ2v) is 5.57. The van der Waals surface area contributed by atoms with Crippen molar-refractivity contribution in [3.63, 3.8) is 0 Å². The van der Waals surface area contributed by atoms with E-state index in [4.69, 9.17) is 0 Å². The van der Waals surface area contributed by atoms with E-state index >= 15 is 0 Å². The first kappa shape index (κ1) is 12.7. The van der Waals surface area contributed by atoms with Gasteiger partial charge in [-0.3, -0.25) is 0 Å². The number of nitrogens with one attached hydrogen (secondary N) is 1. The molecule has 0 spiro atoms. The van der Waals surface area contributed by atoms with Crippen LogP contribution in [0.3, 0.4) is 0 Å². The van der Waals surface area contributed by atoms with Gasteiger partial charge in [-0.2, -0.15) is 0 Å². The zero-order chi connectivity index (χ0) is 12.1. The fraction of sp³-hybridized carbons (Fsp3) is 0.308. The van der Waals surface area contributed by atoms with E-state index in [-0.39, 0.29) is 0 Å². The molecule has 4 heteroatoms. The van der Waals surface area contributed by atoms with E-state index in [9.17, 15) is 0 Å². The number of aromatic nitrogens is 1. The van der Waals surface area contributed by atoms with Crippen molar-refractivity contribution in [3.05, 3.63) is 50.4 Å². The molecule has 1 N–H and O–H groups in total. The van der Waals surface area contributed by atoms with Gasteiger partial charge in [0, 0.05) is 29.4 Å². The number of benzene rings is 1. The predicted octanol–water partition coefficient (Wildman–Crippen LogP) is 3.55. The van der Waals surface area contributed by atoms with Crippen LogP contribution < -0.4 is 5.32 Å². The largest absolute Gasteiger partial charge is 0.312 e.